The molecular formula is C23H18N4O2. The minimum atomic E-state index is -0.778. The fourth-order valence-corrected chi connectivity index (χ4v) is 3.19. The van der Waals surface area contributed by atoms with Gasteiger partial charge in [0.25, 0.3) is 0 Å². The van der Waals surface area contributed by atoms with Gasteiger partial charge in [0.1, 0.15) is 5.82 Å². The maximum atomic E-state index is 11.9. The molecule has 4 rings (SSSR count). The second kappa shape index (κ2) is 7.87. The van der Waals surface area contributed by atoms with Crippen LogP contribution in [-0.4, -0.2) is 19.9 Å². The highest BCUT2D eigenvalue weighted by atomic mass is 16.5. The Morgan fingerprint density at radius 2 is 1.97 bits per heavy atom. The smallest absolute Gasteiger partial charge is 0.384 e. The van der Waals surface area contributed by atoms with E-state index in [1.54, 1.807) is 12.1 Å². The quantitative estimate of drug-likeness (QED) is 0.416. The zero-order chi connectivity index (χ0) is 20.2. The molecule has 0 radical (unpaired) electrons. The predicted octanol–water partition coefficient (Wildman–Crippen LogP) is 3.68. The molecule has 0 amide bonds. The number of nitrogens with zero attached hydrogens (tertiary/aromatic N) is 3. The Labute approximate surface area is 167 Å². The number of pyridine rings is 1. The fourth-order valence-electron chi connectivity index (χ4n) is 3.19. The van der Waals surface area contributed by atoms with Gasteiger partial charge in [0, 0.05) is 18.3 Å². The van der Waals surface area contributed by atoms with Crippen LogP contribution in [0.3, 0.4) is 0 Å². The first kappa shape index (κ1) is 18.3. The molecule has 2 aromatic carbocycles. The Kier molecular flexibility index (Phi) is 4.95. The van der Waals surface area contributed by atoms with E-state index >= 15 is 0 Å². The summed E-state index contributed by atoms with van der Waals surface area (Å²) in [5, 5.41) is 13.6. The molecule has 2 aromatic heterocycles. The predicted molar refractivity (Wildman–Crippen MR) is 113 cm³/mol. The van der Waals surface area contributed by atoms with Gasteiger partial charge in [0.15, 0.2) is 5.65 Å². The Bertz CT molecular complexity index is 1320. The van der Waals surface area contributed by atoms with Crippen LogP contribution in [-0.2, 0) is 6.54 Å². The molecule has 29 heavy (non-hydrogen) atoms. The van der Waals surface area contributed by atoms with Crippen LogP contribution >= 0.6 is 0 Å². The summed E-state index contributed by atoms with van der Waals surface area (Å²) in [7, 11) is 0. The van der Waals surface area contributed by atoms with Crippen molar-refractivity contribution in [2.75, 3.05) is 5.32 Å². The Morgan fingerprint density at radius 3 is 2.83 bits per heavy atom. The molecule has 0 aliphatic heterocycles. The molecular weight excluding hydrogens is 364 g/mol. The number of rotatable bonds is 4. The van der Waals surface area contributed by atoms with Crippen LogP contribution in [0.15, 0.2) is 71.7 Å². The summed E-state index contributed by atoms with van der Waals surface area (Å²) in [5.41, 5.74) is 3.52. The van der Waals surface area contributed by atoms with E-state index in [1.165, 1.54) is 6.20 Å². The Balaban J connectivity index is 1.65. The topological polar surface area (TPSA) is 80.0 Å². The largest absolute Gasteiger partial charge is 0.422 e. The summed E-state index contributed by atoms with van der Waals surface area (Å²) in [6, 6.07) is 19.6. The molecule has 4 aromatic rings. The normalized spacial score (nSPS) is 10.4. The van der Waals surface area contributed by atoms with E-state index in [-0.39, 0.29) is 5.65 Å². The van der Waals surface area contributed by atoms with Crippen LogP contribution in [0.4, 0.5) is 5.82 Å². The number of benzene rings is 2. The second-order valence-corrected chi connectivity index (χ2v) is 6.40. The van der Waals surface area contributed by atoms with Crippen molar-refractivity contribution >= 4 is 16.9 Å². The molecule has 6 nitrogen and oxygen atoms in total. The van der Waals surface area contributed by atoms with Crippen molar-refractivity contribution in [1.29, 1.82) is 0 Å². The summed E-state index contributed by atoms with van der Waals surface area (Å²) in [5.74, 6) is 6.47. The molecule has 0 saturated carbocycles. The van der Waals surface area contributed by atoms with Gasteiger partial charge >= 0.3 is 5.69 Å². The average molecular weight is 382 g/mol. The van der Waals surface area contributed by atoms with Crippen LogP contribution < -0.4 is 11.0 Å². The zero-order valence-electron chi connectivity index (χ0n) is 15.8. The molecule has 0 aliphatic carbocycles. The number of nitrogens with one attached hydrogen (secondary N) is 1. The third kappa shape index (κ3) is 3.66. The molecule has 0 bridgehead atoms. The molecule has 2 N–H and O–H groups in total. The number of hydrogen-bond donors (Lipinski definition) is 2. The van der Waals surface area contributed by atoms with Crippen molar-refractivity contribution in [2.24, 2.45) is 0 Å². The average Bonchev–Trinajstić information content (AvgIpc) is 2.76. The highest BCUT2D eigenvalue weighted by Crippen LogP contribution is 2.25. The van der Waals surface area contributed by atoms with Crippen LogP contribution in [0.25, 0.3) is 22.2 Å². The third-order valence-electron chi connectivity index (χ3n) is 4.52. The molecule has 0 aliphatic rings. The summed E-state index contributed by atoms with van der Waals surface area (Å²) >= 11 is 0. The third-order valence-corrected chi connectivity index (χ3v) is 4.52. The lowest BCUT2D eigenvalue weighted by Gasteiger charge is -2.11. The number of hydrogen-bond acceptors (Lipinski definition) is 5. The molecule has 0 saturated heterocycles. The van der Waals surface area contributed by atoms with Gasteiger partial charge in [0.05, 0.1) is 5.39 Å². The Morgan fingerprint density at radius 1 is 1.10 bits per heavy atom. The van der Waals surface area contributed by atoms with Gasteiger partial charge in [-0.25, -0.2) is 9.78 Å². The number of fused-ring (bicyclic) bond motifs is 1. The Hall–Kier alpha value is -4.11. The second-order valence-electron chi connectivity index (χ2n) is 6.40. The molecule has 142 valence electrons. The molecule has 2 heterocycles. The molecule has 0 fully saturated rings. The van der Waals surface area contributed by atoms with Gasteiger partial charge in [-0.3, -0.25) is 0 Å². The highest BCUT2D eigenvalue weighted by Gasteiger charge is 2.10. The van der Waals surface area contributed by atoms with Gasteiger partial charge in [-0.15, -0.1) is 10.7 Å². The zero-order valence-corrected chi connectivity index (χ0v) is 15.8. The van der Waals surface area contributed by atoms with Gasteiger partial charge in [-0.05, 0) is 47.9 Å². The maximum absolute atomic E-state index is 11.9. The van der Waals surface area contributed by atoms with Crippen LogP contribution in [0.5, 0.6) is 0 Å². The van der Waals surface area contributed by atoms with E-state index in [4.69, 9.17) is 0 Å². The number of aromatic nitrogens is 3. The van der Waals surface area contributed by atoms with E-state index in [9.17, 15) is 10.0 Å². The summed E-state index contributed by atoms with van der Waals surface area (Å²) in [6.45, 7) is 2.28. The molecule has 0 spiro atoms. The highest BCUT2D eigenvalue weighted by molar-refractivity contribution is 5.86. The SMILES string of the molecule is CC#Cc1ccccc1-c1cccc(CNc2nc(=O)n(O)c3ncccc23)c1. The lowest BCUT2D eigenvalue weighted by atomic mass is 9.98. The standard InChI is InChI=1S/C23H18N4O2/c1-2-7-17-9-3-4-11-19(17)18-10-5-8-16(14-18)15-25-21-20-12-6-13-24-22(20)27(29)23(28)26-21/h3-6,8-14,29H,15H2,1H3,(H,25,26,28). The van der Waals surface area contributed by atoms with E-state index < -0.39 is 5.69 Å². The first-order valence-corrected chi connectivity index (χ1v) is 9.09. The van der Waals surface area contributed by atoms with Gasteiger partial charge in [-0.2, -0.15) is 4.98 Å². The van der Waals surface area contributed by atoms with Crippen molar-refractivity contribution in [3.63, 3.8) is 0 Å². The van der Waals surface area contributed by atoms with Gasteiger partial charge < -0.3 is 10.5 Å². The van der Waals surface area contributed by atoms with Crippen LogP contribution in [0.2, 0.25) is 0 Å². The first-order valence-electron chi connectivity index (χ1n) is 9.09. The van der Waals surface area contributed by atoms with Crippen molar-refractivity contribution in [3.05, 3.63) is 88.5 Å². The first-order chi connectivity index (χ1) is 14.2. The molecule has 0 atom stereocenters. The fraction of sp³-hybridized carbons (Fsp3) is 0.0870. The van der Waals surface area contributed by atoms with Gasteiger partial charge in [-0.1, -0.05) is 42.3 Å². The lowest BCUT2D eigenvalue weighted by Crippen LogP contribution is -2.23. The van der Waals surface area contributed by atoms with E-state index in [2.05, 4.69) is 33.2 Å². The maximum Gasteiger partial charge on any atom is 0.384 e. The monoisotopic (exact) mass is 382 g/mol. The summed E-state index contributed by atoms with van der Waals surface area (Å²) < 4.78 is 0.451. The summed E-state index contributed by atoms with van der Waals surface area (Å²) in [4.78, 5) is 19.9. The summed E-state index contributed by atoms with van der Waals surface area (Å²) in [6.07, 6.45) is 1.51. The molecule has 0 unspecified atom stereocenters. The lowest BCUT2D eigenvalue weighted by molar-refractivity contribution is 0.182. The van der Waals surface area contributed by atoms with Crippen molar-refractivity contribution in [1.82, 2.24) is 14.7 Å². The van der Waals surface area contributed by atoms with Crippen LogP contribution in [0, 0.1) is 11.8 Å². The van der Waals surface area contributed by atoms with Crippen molar-refractivity contribution in [2.45, 2.75) is 13.5 Å². The van der Waals surface area contributed by atoms with E-state index in [1.807, 2.05) is 49.4 Å². The number of anilines is 1. The van der Waals surface area contributed by atoms with Crippen molar-refractivity contribution in [3.8, 4) is 23.0 Å². The van der Waals surface area contributed by atoms with E-state index in [0.717, 1.165) is 22.3 Å². The minimum absolute atomic E-state index is 0.163. The van der Waals surface area contributed by atoms with Crippen molar-refractivity contribution < 1.29 is 5.21 Å². The molecule has 6 heteroatoms. The van der Waals surface area contributed by atoms with E-state index in [0.29, 0.717) is 22.5 Å². The van der Waals surface area contributed by atoms with Crippen LogP contribution in [0.1, 0.15) is 18.1 Å². The minimum Gasteiger partial charge on any atom is -0.422 e. The van der Waals surface area contributed by atoms with Gasteiger partial charge in [0.2, 0.25) is 0 Å².